The van der Waals surface area contributed by atoms with Gasteiger partial charge in [0.1, 0.15) is 5.75 Å². The zero-order valence-corrected chi connectivity index (χ0v) is 14.5. The predicted octanol–water partition coefficient (Wildman–Crippen LogP) is 2.74. The van der Waals surface area contributed by atoms with E-state index in [0.29, 0.717) is 18.8 Å². The molecule has 1 aliphatic heterocycles. The van der Waals surface area contributed by atoms with Gasteiger partial charge in [-0.25, -0.2) is 0 Å². The van der Waals surface area contributed by atoms with Gasteiger partial charge in [0.15, 0.2) is 0 Å². The predicted molar refractivity (Wildman–Crippen MR) is 96.7 cm³/mol. The van der Waals surface area contributed by atoms with E-state index in [0.717, 1.165) is 41.0 Å². The van der Waals surface area contributed by atoms with Crippen LogP contribution in [0.2, 0.25) is 0 Å². The molecule has 0 aliphatic carbocycles. The zero-order chi connectivity index (χ0) is 17.9. The van der Waals surface area contributed by atoms with Crippen LogP contribution in [-0.2, 0) is 17.8 Å². The van der Waals surface area contributed by atoms with Crippen LogP contribution in [-0.4, -0.2) is 33.6 Å². The van der Waals surface area contributed by atoms with Crippen LogP contribution in [0.3, 0.4) is 0 Å². The van der Waals surface area contributed by atoms with Crippen molar-refractivity contribution < 1.29 is 9.53 Å². The Morgan fingerprint density at radius 1 is 1.15 bits per heavy atom. The molecule has 1 N–H and O–H groups in total. The summed E-state index contributed by atoms with van der Waals surface area (Å²) in [5, 5.41) is 14.1. The molecule has 0 saturated carbocycles. The van der Waals surface area contributed by atoms with Crippen molar-refractivity contribution >= 4 is 11.6 Å². The number of methoxy groups -OCH3 is 1. The highest BCUT2D eigenvalue weighted by Gasteiger charge is 2.20. The number of tetrazole rings is 1. The smallest absolute Gasteiger partial charge is 0.227 e. The summed E-state index contributed by atoms with van der Waals surface area (Å²) in [6.45, 7) is 0.519. The Morgan fingerprint density at radius 3 is 2.88 bits per heavy atom. The Hall–Kier alpha value is -3.22. The second-order valence-corrected chi connectivity index (χ2v) is 6.27. The van der Waals surface area contributed by atoms with Gasteiger partial charge in [0.2, 0.25) is 11.7 Å². The molecule has 1 amide bonds. The first-order valence-corrected chi connectivity index (χ1v) is 8.54. The highest BCUT2D eigenvalue weighted by Crippen LogP contribution is 2.28. The fourth-order valence-electron chi connectivity index (χ4n) is 3.29. The van der Waals surface area contributed by atoms with Gasteiger partial charge in [0.05, 0.1) is 13.7 Å². The number of hydrogen-bond donors (Lipinski definition) is 1. The summed E-state index contributed by atoms with van der Waals surface area (Å²) in [5.74, 6) is 1.50. The zero-order valence-electron chi connectivity index (χ0n) is 14.5. The Balaban J connectivity index is 1.70. The number of aromatic amines is 1. The Kier molecular flexibility index (Phi) is 4.35. The Morgan fingerprint density at radius 2 is 2.08 bits per heavy atom. The fraction of sp³-hybridized carbons (Fsp3) is 0.263. The van der Waals surface area contributed by atoms with Gasteiger partial charge in [0, 0.05) is 17.7 Å². The number of aryl methyl sites for hydroxylation is 1. The number of nitrogens with one attached hydrogen (secondary N) is 1. The molecule has 1 aromatic heterocycles. The quantitative estimate of drug-likeness (QED) is 0.786. The lowest BCUT2D eigenvalue weighted by molar-refractivity contribution is -0.118. The second kappa shape index (κ2) is 6.95. The van der Waals surface area contributed by atoms with Crippen LogP contribution in [0.15, 0.2) is 42.5 Å². The number of fused-ring (bicyclic) bond motifs is 2. The van der Waals surface area contributed by atoms with E-state index in [1.807, 2.05) is 41.3 Å². The lowest BCUT2D eigenvalue weighted by Crippen LogP contribution is -2.29. The van der Waals surface area contributed by atoms with Gasteiger partial charge in [-0.15, -0.1) is 10.2 Å². The van der Waals surface area contributed by atoms with E-state index in [4.69, 9.17) is 4.74 Å². The Bertz CT molecular complexity index is 923. The fourth-order valence-corrected chi connectivity index (χ4v) is 3.29. The van der Waals surface area contributed by atoms with Gasteiger partial charge in [-0.05, 0) is 47.4 Å². The molecule has 0 saturated heterocycles. The summed E-state index contributed by atoms with van der Waals surface area (Å²) in [6, 6.07) is 13.8. The van der Waals surface area contributed by atoms with Crippen LogP contribution in [0, 0.1) is 0 Å². The molecule has 3 aromatic rings. The number of anilines is 1. The van der Waals surface area contributed by atoms with Crippen molar-refractivity contribution in [1.82, 2.24) is 20.6 Å². The molecule has 2 aromatic carbocycles. The number of carbonyl (C=O) groups excluding carboxylic acids is 1. The third-order valence-electron chi connectivity index (χ3n) is 4.58. The molecule has 2 bridgehead atoms. The largest absolute Gasteiger partial charge is 0.496 e. The van der Waals surface area contributed by atoms with Gasteiger partial charge >= 0.3 is 0 Å². The summed E-state index contributed by atoms with van der Waals surface area (Å²) in [7, 11) is 1.68. The third kappa shape index (κ3) is 3.15. The number of benzene rings is 2. The highest BCUT2D eigenvalue weighted by atomic mass is 16.5. The van der Waals surface area contributed by atoms with Crippen molar-refractivity contribution in [1.29, 1.82) is 0 Å². The van der Waals surface area contributed by atoms with Crippen molar-refractivity contribution in [3.8, 4) is 17.1 Å². The SMILES string of the molecule is COc1ccc2cc1CCCC(=O)N(c1cccc(-c3nn[nH]n3)c1)C2. The number of carbonyl (C=O) groups is 1. The molecule has 2 heterocycles. The first-order chi connectivity index (χ1) is 12.7. The number of rotatable bonds is 3. The third-order valence-corrected chi connectivity index (χ3v) is 4.58. The van der Waals surface area contributed by atoms with Gasteiger partial charge in [-0.2, -0.15) is 5.21 Å². The monoisotopic (exact) mass is 349 g/mol. The number of aromatic nitrogens is 4. The second-order valence-electron chi connectivity index (χ2n) is 6.27. The number of nitrogens with zero attached hydrogens (tertiary/aromatic N) is 4. The molecule has 0 spiro atoms. The average molecular weight is 349 g/mol. The summed E-state index contributed by atoms with van der Waals surface area (Å²) >= 11 is 0. The molecule has 132 valence electrons. The number of H-pyrrole nitrogens is 1. The van der Waals surface area contributed by atoms with Crippen LogP contribution < -0.4 is 9.64 Å². The van der Waals surface area contributed by atoms with Crippen LogP contribution in [0.5, 0.6) is 5.75 Å². The molecule has 0 unspecified atom stereocenters. The van der Waals surface area contributed by atoms with Crippen molar-refractivity contribution in [2.45, 2.75) is 25.8 Å². The normalized spacial score (nSPS) is 14.5. The van der Waals surface area contributed by atoms with Crippen LogP contribution >= 0.6 is 0 Å². The molecule has 0 atom stereocenters. The summed E-state index contributed by atoms with van der Waals surface area (Å²) < 4.78 is 5.44. The molecule has 7 heteroatoms. The molecule has 26 heavy (non-hydrogen) atoms. The van der Waals surface area contributed by atoms with Crippen molar-refractivity contribution in [3.63, 3.8) is 0 Å². The number of hydrogen-bond acceptors (Lipinski definition) is 5. The maximum Gasteiger partial charge on any atom is 0.227 e. The van der Waals surface area contributed by atoms with Crippen molar-refractivity contribution in [2.24, 2.45) is 0 Å². The van der Waals surface area contributed by atoms with Gasteiger partial charge in [-0.1, -0.05) is 24.3 Å². The van der Waals surface area contributed by atoms with Crippen LogP contribution in [0.25, 0.3) is 11.4 Å². The van der Waals surface area contributed by atoms with E-state index >= 15 is 0 Å². The molecule has 0 radical (unpaired) electrons. The van der Waals surface area contributed by atoms with Crippen LogP contribution in [0.1, 0.15) is 24.0 Å². The van der Waals surface area contributed by atoms with Gasteiger partial charge in [0.25, 0.3) is 0 Å². The molecule has 7 nitrogen and oxygen atoms in total. The van der Waals surface area contributed by atoms with E-state index in [9.17, 15) is 4.79 Å². The minimum Gasteiger partial charge on any atom is -0.496 e. The van der Waals surface area contributed by atoms with Crippen molar-refractivity contribution in [2.75, 3.05) is 12.0 Å². The lowest BCUT2D eigenvalue weighted by Gasteiger charge is -2.23. The first-order valence-electron chi connectivity index (χ1n) is 8.54. The van der Waals surface area contributed by atoms with E-state index in [-0.39, 0.29) is 5.91 Å². The van der Waals surface area contributed by atoms with E-state index in [1.165, 1.54) is 0 Å². The summed E-state index contributed by atoms with van der Waals surface area (Å²) in [4.78, 5) is 14.7. The van der Waals surface area contributed by atoms with Crippen molar-refractivity contribution in [3.05, 3.63) is 53.6 Å². The first kappa shape index (κ1) is 16.3. The summed E-state index contributed by atoms with van der Waals surface area (Å²) in [6.07, 6.45) is 2.12. The number of amides is 1. The van der Waals surface area contributed by atoms with Gasteiger partial charge < -0.3 is 9.64 Å². The van der Waals surface area contributed by atoms with E-state index in [2.05, 4.69) is 26.7 Å². The molecule has 4 rings (SSSR count). The number of ether oxygens (including phenoxy) is 1. The Labute approximate surface area is 151 Å². The maximum absolute atomic E-state index is 12.8. The van der Waals surface area contributed by atoms with E-state index in [1.54, 1.807) is 7.11 Å². The summed E-state index contributed by atoms with van der Waals surface area (Å²) in [5.41, 5.74) is 3.89. The van der Waals surface area contributed by atoms with E-state index < -0.39 is 0 Å². The molecule has 1 aliphatic rings. The average Bonchev–Trinajstić information content (AvgIpc) is 3.21. The molecular weight excluding hydrogens is 330 g/mol. The van der Waals surface area contributed by atoms with Crippen LogP contribution in [0.4, 0.5) is 5.69 Å². The minimum absolute atomic E-state index is 0.108. The maximum atomic E-state index is 12.8. The molecule has 0 fully saturated rings. The minimum atomic E-state index is 0.108. The lowest BCUT2D eigenvalue weighted by atomic mass is 10.0. The van der Waals surface area contributed by atoms with Gasteiger partial charge in [-0.3, -0.25) is 4.79 Å². The molecular formula is C19H19N5O2. The highest BCUT2D eigenvalue weighted by molar-refractivity contribution is 5.94. The standard InChI is InChI=1S/C19H19N5O2/c1-26-17-9-8-13-10-14(17)4-3-7-18(25)24(12-13)16-6-2-5-15(11-16)19-20-22-23-21-19/h2,5-6,8-11H,3-4,7,12H2,1H3,(H,20,21,22,23). The topological polar surface area (TPSA) is 84.0 Å².